The second-order valence-corrected chi connectivity index (χ2v) is 5.77. The Kier molecular flexibility index (Phi) is 4.21. The zero-order valence-corrected chi connectivity index (χ0v) is 12.0. The summed E-state index contributed by atoms with van der Waals surface area (Å²) in [6, 6.07) is 10.8. The van der Waals surface area contributed by atoms with Gasteiger partial charge in [0.15, 0.2) is 5.96 Å². The molecular weight excluding hydrogens is 248 g/mol. The third-order valence-electron chi connectivity index (χ3n) is 4.48. The van der Waals surface area contributed by atoms with Crippen molar-refractivity contribution in [2.45, 2.75) is 31.7 Å². The third-order valence-corrected chi connectivity index (χ3v) is 4.48. The monoisotopic (exact) mass is 272 g/mol. The Morgan fingerprint density at radius 1 is 1.00 bits per heavy atom. The van der Waals surface area contributed by atoms with Gasteiger partial charge in [0.05, 0.1) is 5.69 Å². The summed E-state index contributed by atoms with van der Waals surface area (Å²) in [5.41, 5.74) is 7.07. The first-order chi connectivity index (χ1) is 9.83. The average molecular weight is 272 g/mol. The summed E-state index contributed by atoms with van der Waals surface area (Å²) in [4.78, 5) is 9.35. The molecule has 0 spiro atoms. The fourth-order valence-electron chi connectivity index (χ4n) is 3.29. The van der Waals surface area contributed by atoms with Gasteiger partial charge in [-0.05, 0) is 25.0 Å². The summed E-state index contributed by atoms with van der Waals surface area (Å²) in [6.07, 6.45) is 5.58. The first-order valence-electron chi connectivity index (χ1n) is 7.71. The van der Waals surface area contributed by atoms with Crippen LogP contribution in [0.1, 0.15) is 25.7 Å². The summed E-state index contributed by atoms with van der Waals surface area (Å²) in [5.74, 6) is 0.655. The summed E-state index contributed by atoms with van der Waals surface area (Å²) >= 11 is 0. The molecule has 2 fully saturated rings. The van der Waals surface area contributed by atoms with Crippen LogP contribution in [0.2, 0.25) is 0 Å². The molecule has 0 unspecified atom stereocenters. The number of nitrogens with zero attached hydrogens (tertiary/aromatic N) is 3. The number of para-hydroxylation sites is 1. The molecule has 1 aromatic rings. The number of rotatable bonds is 2. The van der Waals surface area contributed by atoms with Gasteiger partial charge < -0.3 is 10.6 Å². The van der Waals surface area contributed by atoms with Crippen molar-refractivity contribution >= 4 is 11.6 Å². The van der Waals surface area contributed by atoms with E-state index in [4.69, 9.17) is 5.73 Å². The summed E-state index contributed by atoms with van der Waals surface area (Å²) in [5, 5.41) is 0. The van der Waals surface area contributed by atoms with Crippen molar-refractivity contribution < 1.29 is 0 Å². The largest absolute Gasteiger partial charge is 0.369 e. The van der Waals surface area contributed by atoms with Crippen LogP contribution in [-0.4, -0.2) is 48.0 Å². The molecule has 1 aliphatic carbocycles. The van der Waals surface area contributed by atoms with Crippen molar-refractivity contribution in [2.24, 2.45) is 10.7 Å². The van der Waals surface area contributed by atoms with Crippen LogP contribution in [0.5, 0.6) is 0 Å². The van der Waals surface area contributed by atoms with Crippen LogP contribution in [0, 0.1) is 0 Å². The Morgan fingerprint density at radius 3 is 2.30 bits per heavy atom. The van der Waals surface area contributed by atoms with Crippen molar-refractivity contribution in [3.8, 4) is 0 Å². The summed E-state index contributed by atoms with van der Waals surface area (Å²) in [7, 11) is 0. The highest BCUT2D eigenvalue weighted by Crippen LogP contribution is 2.24. The molecular formula is C16H24N4. The second-order valence-electron chi connectivity index (χ2n) is 5.77. The van der Waals surface area contributed by atoms with Crippen LogP contribution >= 0.6 is 0 Å². The Balaban J connectivity index is 1.56. The minimum atomic E-state index is 0.655. The first kappa shape index (κ1) is 13.4. The van der Waals surface area contributed by atoms with Gasteiger partial charge in [-0.1, -0.05) is 31.0 Å². The zero-order chi connectivity index (χ0) is 13.8. The number of benzene rings is 1. The maximum Gasteiger partial charge on any atom is 0.196 e. The Labute approximate surface area is 121 Å². The maximum atomic E-state index is 6.14. The van der Waals surface area contributed by atoms with Gasteiger partial charge in [0.2, 0.25) is 0 Å². The zero-order valence-electron chi connectivity index (χ0n) is 12.0. The molecule has 0 atom stereocenters. The summed E-state index contributed by atoms with van der Waals surface area (Å²) < 4.78 is 0. The highest BCUT2D eigenvalue weighted by molar-refractivity contribution is 5.81. The van der Waals surface area contributed by atoms with Gasteiger partial charge in [-0.2, -0.15) is 0 Å². The number of hydrogen-bond donors (Lipinski definition) is 1. The van der Waals surface area contributed by atoms with Crippen molar-refractivity contribution in [3.63, 3.8) is 0 Å². The molecule has 1 aliphatic heterocycles. The number of guanidine groups is 1. The van der Waals surface area contributed by atoms with Gasteiger partial charge in [0.25, 0.3) is 0 Å². The second kappa shape index (κ2) is 6.27. The lowest BCUT2D eigenvalue weighted by atomic mass is 10.2. The lowest BCUT2D eigenvalue weighted by Gasteiger charge is -2.38. The van der Waals surface area contributed by atoms with Gasteiger partial charge in [-0.15, -0.1) is 0 Å². The van der Waals surface area contributed by atoms with E-state index in [9.17, 15) is 0 Å². The van der Waals surface area contributed by atoms with E-state index in [1.165, 1.54) is 25.7 Å². The maximum absolute atomic E-state index is 6.14. The molecule has 1 heterocycles. The minimum absolute atomic E-state index is 0.655. The molecule has 1 saturated carbocycles. The van der Waals surface area contributed by atoms with Crippen LogP contribution in [0.25, 0.3) is 0 Å². The van der Waals surface area contributed by atoms with E-state index in [-0.39, 0.29) is 0 Å². The molecule has 3 rings (SSSR count). The lowest BCUT2D eigenvalue weighted by Crippen LogP contribution is -2.53. The fraction of sp³-hybridized carbons (Fsp3) is 0.562. The predicted molar refractivity (Wildman–Crippen MR) is 83.1 cm³/mol. The van der Waals surface area contributed by atoms with E-state index in [1.807, 2.05) is 30.3 Å². The van der Waals surface area contributed by atoms with Gasteiger partial charge >= 0.3 is 0 Å². The average Bonchev–Trinajstić information content (AvgIpc) is 3.03. The predicted octanol–water partition coefficient (Wildman–Crippen LogP) is 2.19. The molecule has 1 saturated heterocycles. The molecule has 20 heavy (non-hydrogen) atoms. The topological polar surface area (TPSA) is 44.9 Å². The van der Waals surface area contributed by atoms with Crippen molar-refractivity contribution in [1.29, 1.82) is 0 Å². The molecule has 4 nitrogen and oxygen atoms in total. The van der Waals surface area contributed by atoms with Gasteiger partial charge in [-0.25, -0.2) is 4.99 Å². The van der Waals surface area contributed by atoms with E-state index in [0.717, 1.165) is 37.9 Å². The molecule has 0 aromatic heterocycles. The highest BCUT2D eigenvalue weighted by Gasteiger charge is 2.26. The number of piperazine rings is 1. The van der Waals surface area contributed by atoms with E-state index in [1.54, 1.807) is 0 Å². The Bertz CT molecular complexity index is 443. The normalized spacial score (nSPS) is 22.4. The molecule has 1 aromatic carbocycles. The number of hydrogen-bond acceptors (Lipinski definition) is 2. The van der Waals surface area contributed by atoms with Gasteiger partial charge in [-0.3, -0.25) is 4.90 Å². The Hall–Kier alpha value is -1.55. The molecule has 0 bridgehead atoms. The Morgan fingerprint density at radius 2 is 1.65 bits per heavy atom. The standard InChI is InChI=1S/C16H24N4/c17-16(18-14-6-2-1-3-7-14)20-12-10-19(11-13-20)15-8-4-5-9-15/h1-3,6-7,15H,4-5,8-13H2,(H2,17,18). The molecule has 0 radical (unpaired) electrons. The van der Waals surface area contributed by atoms with Crippen molar-refractivity contribution in [2.75, 3.05) is 26.2 Å². The quantitative estimate of drug-likeness (QED) is 0.663. The van der Waals surface area contributed by atoms with Crippen LogP contribution in [0.4, 0.5) is 5.69 Å². The van der Waals surface area contributed by atoms with Crippen LogP contribution in [-0.2, 0) is 0 Å². The smallest absolute Gasteiger partial charge is 0.196 e. The molecule has 0 amide bonds. The minimum Gasteiger partial charge on any atom is -0.369 e. The lowest BCUT2D eigenvalue weighted by molar-refractivity contribution is 0.133. The van der Waals surface area contributed by atoms with Gasteiger partial charge in [0, 0.05) is 32.2 Å². The third kappa shape index (κ3) is 3.12. The van der Waals surface area contributed by atoms with Crippen LogP contribution < -0.4 is 5.73 Å². The van der Waals surface area contributed by atoms with Crippen LogP contribution in [0.15, 0.2) is 35.3 Å². The number of nitrogens with two attached hydrogens (primary N) is 1. The molecule has 2 aliphatic rings. The van der Waals surface area contributed by atoms with E-state index in [2.05, 4.69) is 14.8 Å². The highest BCUT2D eigenvalue weighted by atomic mass is 15.3. The first-order valence-corrected chi connectivity index (χ1v) is 7.71. The fourth-order valence-corrected chi connectivity index (χ4v) is 3.29. The van der Waals surface area contributed by atoms with Gasteiger partial charge in [0.1, 0.15) is 0 Å². The van der Waals surface area contributed by atoms with Crippen molar-refractivity contribution in [1.82, 2.24) is 9.80 Å². The van der Waals surface area contributed by atoms with Crippen molar-refractivity contribution in [3.05, 3.63) is 30.3 Å². The number of aliphatic imine (C=N–C) groups is 1. The van der Waals surface area contributed by atoms with E-state index < -0.39 is 0 Å². The SMILES string of the molecule is NC(=Nc1ccccc1)N1CCN(C2CCCC2)CC1. The van der Waals surface area contributed by atoms with E-state index >= 15 is 0 Å². The van der Waals surface area contributed by atoms with Crippen LogP contribution in [0.3, 0.4) is 0 Å². The van der Waals surface area contributed by atoms with E-state index in [0.29, 0.717) is 5.96 Å². The molecule has 4 heteroatoms. The summed E-state index contributed by atoms with van der Waals surface area (Å²) in [6.45, 7) is 4.24. The molecule has 108 valence electrons. The molecule has 2 N–H and O–H groups in total.